The zero-order valence-corrected chi connectivity index (χ0v) is 27.7. The number of benzene rings is 3. The van der Waals surface area contributed by atoms with Crippen molar-refractivity contribution in [2.24, 2.45) is 0 Å². The fourth-order valence-electron chi connectivity index (χ4n) is 6.13. The minimum Gasteiger partial charge on any atom is -0.497 e. The number of nitrogens with zero attached hydrogens (tertiary/aromatic N) is 4. The monoisotopic (exact) mass is 689 g/mol. The summed E-state index contributed by atoms with van der Waals surface area (Å²) in [5.74, 6) is -3.11. The first-order valence-electron chi connectivity index (χ1n) is 15.7. The summed E-state index contributed by atoms with van der Waals surface area (Å²) in [4.78, 5) is 26.4. The molecule has 1 saturated heterocycles. The normalized spacial score (nSPS) is 18.7. The number of hydrogen-bond donors (Lipinski definition) is 5. The molecule has 3 atom stereocenters. The Kier molecular flexibility index (Phi) is 9.31. The summed E-state index contributed by atoms with van der Waals surface area (Å²) >= 11 is 0. The van der Waals surface area contributed by atoms with Gasteiger partial charge in [-0.15, -0.1) is 0 Å². The number of hydrogen-bond acceptors (Lipinski definition) is 11. The number of amides is 1. The second-order valence-corrected chi connectivity index (χ2v) is 12.1. The van der Waals surface area contributed by atoms with E-state index in [9.17, 15) is 15.0 Å². The van der Waals surface area contributed by atoms with Crippen molar-refractivity contribution in [3.8, 4) is 11.5 Å². The molecule has 1 aliphatic rings. The average Bonchev–Trinajstić information content (AvgIpc) is 3.63. The van der Waals surface area contributed by atoms with Gasteiger partial charge < -0.3 is 40.8 Å². The van der Waals surface area contributed by atoms with Crippen LogP contribution in [0.1, 0.15) is 47.1 Å². The van der Waals surface area contributed by atoms with Crippen molar-refractivity contribution in [2.45, 2.75) is 49.8 Å². The van der Waals surface area contributed by atoms with E-state index in [0.29, 0.717) is 33.8 Å². The number of carbonyl (C=O) groups is 1. The predicted molar refractivity (Wildman–Crippen MR) is 180 cm³/mol. The number of anilines is 2. The van der Waals surface area contributed by atoms with Crippen LogP contribution in [0, 0.1) is 0 Å². The maximum absolute atomic E-state index is 15.3. The van der Waals surface area contributed by atoms with Gasteiger partial charge in [-0.1, -0.05) is 36.4 Å². The lowest BCUT2D eigenvalue weighted by molar-refractivity contribution is -0.138. The van der Waals surface area contributed by atoms with Gasteiger partial charge in [-0.05, 0) is 66.9 Å². The van der Waals surface area contributed by atoms with Crippen LogP contribution in [0.15, 0.2) is 79.1 Å². The lowest BCUT2D eigenvalue weighted by Gasteiger charge is -2.37. The van der Waals surface area contributed by atoms with Crippen molar-refractivity contribution >= 4 is 28.8 Å². The molecule has 1 aliphatic heterocycles. The third-order valence-electron chi connectivity index (χ3n) is 8.58. The third kappa shape index (κ3) is 6.03. The Bertz CT molecular complexity index is 1940. The standard InChI is InChI=1S/C35H37F2N7O6/c1-19(2)40-31(47)20-6-5-7-23(16-20)34(21-8-12-24(48-3)13-9-21,22-10-14-25(49-4)15-11-22)43-29-27-30(42-33(38)41-29)44(18-39-27)32-35(36,37)28(46)26(17-45)50-32/h5-16,18-19,26,28,32,45-46H,17H2,1-4H3,(H,40,47)(H3,38,41,42,43). The molecule has 0 bridgehead atoms. The SMILES string of the molecule is COc1ccc(C(Nc2nc(N)nc3c2ncn3C2OC(CO)C(O)C2(F)F)(c2ccc(OC)cc2)c2cccc(C(=O)NC(C)C)c2)cc1. The third-order valence-corrected chi connectivity index (χ3v) is 8.58. The molecule has 0 radical (unpaired) electrons. The first-order chi connectivity index (χ1) is 23.9. The number of fused-ring (bicyclic) bond motifs is 1. The number of nitrogens with two attached hydrogens (primary N) is 1. The molecule has 0 saturated carbocycles. The van der Waals surface area contributed by atoms with Crippen molar-refractivity contribution in [3.05, 3.63) is 101 Å². The second-order valence-electron chi connectivity index (χ2n) is 12.1. The molecular formula is C35H37F2N7O6. The van der Waals surface area contributed by atoms with Gasteiger partial charge in [0.2, 0.25) is 12.2 Å². The number of aliphatic hydroxyl groups is 2. The topological polar surface area (TPSA) is 179 Å². The molecule has 1 amide bonds. The van der Waals surface area contributed by atoms with E-state index in [1.165, 1.54) is 0 Å². The summed E-state index contributed by atoms with van der Waals surface area (Å²) in [6.07, 6.45) is -4.77. The van der Waals surface area contributed by atoms with Crippen molar-refractivity contribution < 1.29 is 38.0 Å². The van der Waals surface area contributed by atoms with Crippen LogP contribution in [0.3, 0.4) is 0 Å². The first-order valence-corrected chi connectivity index (χ1v) is 15.7. The summed E-state index contributed by atoms with van der Waals surface area (Å²) in [6, 6.07) is 21.5. The van der Waals surface area contributed by atoms with Crippen molar-refractivity contribution in [2.75, 3.05) is 31.9 Å². The Morgan fingerprint density at radius 2 is 1.64 bits per heavy atom. The number of halogens is 2. The molecule has 0 aliphatic carbocycles. The molecule has 6 N–H and O–H groups in total. The van der Waals surface area contributed by atoms with E-state index in [0.717, 1.165) is 10.9 Å². The van der Waals surface area contributed by atoms with Crippen LogP contribution in [-0.4, -0.2) is 80.6 Å². The molecule has 13 nitrogen and oxygen atoms in total. The number of nitrogens with one attached hydrogen (secondary N) is 2. The largest absolute Gasteiger partial charge is 0.497 e. The number of carbonyl (C=O) groups excluding carboxylic acids is 1. The number of nitrogen functional groups attached to an aromatic ring is 1. The molecule has 5 aromatic rings. The van der Waals surface area contributed by atoms with E-state index in [2.05, 4.69) is 25.6 Å². The van der Waals surface area contributed by atoms with Crippen LogP contribution in [0.2, 0.25) is 0 Å². The van der Waals surface area contributed by atoms with E-state index >= 15 is 8.78 Å². The number of rotatable bonds is 11. The van der Waals surface area contributed by atoms with Crippen molar-refractivity contribution in [1.82, 2.24) is 24.8 Å². The number of aliphatic hydroxyl groups excluding tert-OH is 2. The highest BCUT2D eigenvalue weighted by atomic mass is 19.3. The average molecular weight is 690 g/mol. The van der Waals surface area contributed by atoms with Crippen LogP contribution in [0.4, 0.5) is 20.5 Å². The molecule has 50 heavy (non-hydrogen) atoms. The highest BCUT2D eigenvalue weighted by molar-refractivity contribution is 5.95. The van der Waals surface area contributed by atoms with Crippen LogP contribution >= 0.6 is 0 Å². The first kappa shape index (κ1) is 34.5. The Morgan fingerprint density at radius 3 is 2.18 bits per heavy atom. The molecule has 0 spiro atoms. The van der Waals surface area contributed by atoms with Gasteiger partial charge in [0.1, 0.15) is 23.1 Å². The van der Waals surface area contributed by atoms with Crippen LogP contribution in [0.25, 0.3) is 11.2 Å². The van der Waals surface area contributed by atoms with Gasteiger partial charge in [0, 0.05) is 11.6 Å². The Morgan fingerprint density at radius 1 is 1.02 bits per heavy atom. The molecule has 6 rings (SSSR count). The predicted octanol–water partition coefficient (Wildman–Crippen LogP) is 3.85. The molecule has 262 valence electrons. The summed E-state index contributed by atoms with van der Waals surface area (Å²) in [5.41, 5.74) is 7.16. The van der Waals surface area contributed by atoms with Gasteiger partial charge >= 0.3 is 5.92 Å². The van der Waals surface area contributed by atoms with Crippen LogP contribution in [0.5, 0.6) is 11.5 Å². The molecule has 15 heteroatoms. The summed E-state index contributed by atoms with van der Waals surface area (Å²) in [7, 11) is 3.10. The van der Waals surface area contributed by atoms with E-state index < -0.39 is 36.5 Å². The minimum atomic E-state index is -3.80. The highest BCUT2D eigenvalue weighted by Crippen LogP contribution is 2.45. The van der Waals surface area contributed by atoms with Crippen molar-refractivity contribution in [3.63, 3.8) is 0 Å². The highest BCUT2D eigenvalue weighted by Gasteiger charge is 2.59. The van der Waals surface area contributed by atoms with E-state index in [4.69, 9.17) is 19.9 Å². The Hall–Kier alpha value is -5.38. The maximum atomic E-state index is 15.3. The number of aromatic nitrogens is 4. The summed E-state index contributed by atoms with van der Waals surface area (Å²) < 4.78 is 47.8. The molecule has 1 fully saturated rings. The fraction of sp³-hybridized carbons (Fsp3) is 0.314. The molecule has 3 heterocycles. The zero-order valence-electron chi connectivity index (χ0n) is 27.7. The lowest BCUT2D eigenvalue weighted by atomic mass is 9.76. The van der Waals surface area contributed by atoms with E-state index in [1.54, 1.807) is 56.7 Å². The Labute approximate surface area is 286 Å². The molecule has 3 unspecified atom stereocenters. The molecule has 3 aromatic carbocycles. The number of imidazole rings is 1. The van der Waals surface area contributed by atoms with Gasteiger partial charge in [0.15, 0.2) is 23.1 Å². The lowest BCUT2D eigenvalue weighted by Crippen LogP contribution is -2.39. The number of ether oxygens (including phenoxy) is 3. The minimum absolute atomic E-state index is 0.0562. The van der Waals surface area contributed by atoms with E-state index in [-0.39, 0.29) is 34.9 Å². The van der Waals surface area contributed by atoms with Gasteiger partial charge in [0.25, 0.3) is 5.91 Å². The van der Waals surface area contributed by atoms with E-state index in [1.807, 2.05) is 44.2 Å². The van der Waals surface area contributed by atoms with Gasteiger partial charge in [0.05, 0.1) is 27.2 Å². The summed E-state index contributed by atoms with van der Waals surface area (Å²) in [6.45, 7) is 2.90. The van der Waals surface area contributed by atoms with Gasteiger partial charge in [-0.3, -0.25) is 9.36 Å². The van der Waals surface area contributed by atoms with Crippen LogP contribution in [-0.2, 0) is 10.3 Å². The van der Waals surface area contributed by atoms with Crippen molar-refractivity contribution in [1.29, 1.82) is 0 Å². The van der Waals surface area contributed by atoms with Crippen LogP contribution < -0.4 is 25.8 Å². The summed E-state index contributed by atoms with van der Waals surface area (Å²) in [5, 5.41) is 26.2. The zero-order chi connectivity index (χ0) is 35.8. The number of methoxy groups -OCH3 is 2. The molecule has 2 aromatic heterocycles. The quantitative estimate of drug-likeness (QED) is 0.127. The Balaban J connectivity index is 1.60. The fourth-order valence-corrected chi connectivity index (χ4v) is 6.13. The van der Waals surface area contributed by atoms with Gasteiger partial charge in [-0.2, -0.15) is 18.7 Å². The molecular weight excluding hydrogens is 652 g/mol. The van der Waals surface area contributed by atoms with Gasteiger partial charge in [-0.25, -0.2) is 4.98 Å². The maximum Gasteiger partial charge on any atom is 0.320 e. The number of alkyl halides is 2. The second kappa shape index (κ2) is 13.5. The smallest absolute Gasteiger partial charge is 0.320 e.